The van der Waals surface area contributed by atoms with Gasteiger partial charge in [-0.15, -0.1) is 0 Å². The van der Waals surface area contributed by atoms with E-state index in [0.717, 1.165) is 6.07 Å². The summed E-state index contributed by atoms with van der Waals surface area (Å²) in [5, 5.41) is 10.9. The minimum absolute atomic E-state index is 0.0247. The van der Waals surface area contributed by atoms with E-state index in [1.54, 1.807) is 12.1 Å². The third kappa shape index (κ3) is 3.90. The highest BCUT2D eigenvalue weighted by Crippen LogP contribution is 2.36. The normalized spacial score (nSPS) is 13.2. The Balaban J connectivity index is 2.31. The number of benzene rings is 2. The Hall–Kier alpha value is -1.23. The topological polar surface area (TPSA) is 20.2 Å². The van der Waals surface area contributed by atoms with Crippen LogP contribution < -0.4 is 0 Å². The van der Waals surface area contributed by atoms with E-state index in [-0.39, 0.29) is 12.0 Å². The monoisotopic (exact) mass is 334 g/mol. The molecule has 21 heavy (non-hydrogen) atoms. The number of hydrogen-bond donors (Lipinski definition) is 1. The van der Waals surface area contributed by atoms with E-state index in [4.69, 9.17) is 23.2 Å². The molecule has 0 aromatic heterocycles. The Kier molecular flexibility index (Phi) is 4.81. The molecule has 0 aliphatic rings. The number of aliphatic hydroxyl groups excluding tert-OH is 1. The van der Waals surface area contributed by atoms with E-state index < -0.39 is 17.8 Å². The van der Waals surface area contributed by atoms with Crippen LogP contribution >= 0.6 is 23.2 Å². The van der Waals surface area contributed by atoms with E-state index in [1.807, 2.05) is 0 Å². The van der Waals surface area contributed by atoms with Crippen LogP contribution in [0.2, 0.25) is 10.0 Å². The van der Waals surface area contributed by atoms with Crippen LogP contribution in [0.25, 0.3) is 0 Å². The van der Waals surface area contributed by atoms with Crippen molar-refractivity contribution >= 4 is 23.2 Å². The lowest BCUT2D eigenvalue weighted by atomic mass is 9.97. The zero-order valence-corrected chi connectivity index (χ0v) is 12.2. The molecular weight excluding hydrogens is 324 g/mol. The summed E-state index contributed by atoms with van der Waals surface area (Å²) in [5.74, 6) is 0. The first kappa shape index (κ1) is 16.1. The van der Waals surface area contributed by atoms with Gasteiger partial charge in [0.15, 0.2) is 0 Å². The van der Waals surface area contributed by atoms with Crippen LogP contribution in [0.4, 0.5) is 13.2 Å². The van der Waals surface area contributed by atoms with Gasteiger partial charge in [0.2, 0.25) is 0 Å². The summed E-state index contributed by atoms with van der Waals surface area (Å²) in [6, 6.07) is 9.60. The van der Waals surface area contributed by atoms with Crippen LogP contribution in [0.3, 0.4) is 0 Å². The van der Waals surface area contributed by atoms with Gasteiger partial charge in [-0.2, -0.15) is 13.2 Å². The van der Waals surface area contributed by atoms with Gasteiger partial charge in [0, 0.05) is 16.5 Å². The van der Waals surface area contributed by atoms with E-state index in [2.05, 4.69) is 0 Å². The van der Waals surface area contributed by atoms with Crippen LogP contribution in [-0.4, -0.2) is 5.11 Å². The fourth-order valence-electron chi connectivity index (χ4n) is 2.05. The summed E-state index contributed by atoms with van der Waals surface area (Å²) in [7, 11) is 0. The molecule has 0 amide bonds. The molecule has 2 rings (SSSR count). The molecular formula is C15H11Cl2F3O. The maximum atomic E-state index is 12.9. The molecule has 0 saturated heterocycles. The quantitative estimate of drug-likeness (QED) is 0.808. The lowest BCUT2D eigenvalue weighted by Gasteiger charge is -2.18. The standard InChI is InChI=1S/C15H11Cl2F3O/c16-10-6-5-9(13(17)8-10)7-14(21)11-3-1-2-4-12(11)15(18,19)20/h1-6,8,14,21H,7H2. The Labute approximate surface area is 129 Å². The molecule has 0 fully saturated rings. The lowest BCUT2D eigenvalue weighted by Crippen LogP contribution is -2.13. The van der Waals surface area contributed by atoms with E-state index >= 15 is 0 Å². The third-order valence-corrected chi connectivity index (χ3v) is 3.64. The van der Waals surface area contributed by atoms with Crippen LogP contribution in [-0.2, 0) is 12.6 Å². The van der Waals surface area contributed by atoms with Gasteiger partial charge in [0.1, 0.15) is 0 Å². The largest absolute Gasteiger partial charge is 0.416 e. The predicted octanol–water partition coefficient (Wildman–Crippen LogP) is 5.29. The Morgan fingerprint density at radius 1 is 1.05 bits per heavy atom. The van der Waals surface area contributed by atoms with Crippen molar-refractivity contribution in [2.45, 2.75) is 18.7 Å². The highest BCUT2D eigenvalue weighted by atomic mass is 35.5. The van der Waals surface area contributed by atoms with E-state index in [1.165, 1.54) is 24.3 Å². The molecule has 2 aromatic carbocycles. The van der Waals surface area contributed by atoms with Crippen molar-refractivity contribution in [2.75, 3.05) is 0 Å². The first-order valence-corrected chi connectivity index (χ1v) is 6.82. The zero-order valence-electron chi connectivity index (χ0n) is 10.7. The van der Waals surface area contributed by atoms with E-state index in [9.17, 15) is 18.3 Å². The second-order valence-electron chi connectivity index (χ2n) is 4.54. The van der Waals surface area contributed by atoms with E-state index in [0.29, 0.717) is 15.6 Å². The number of halogens is 5. The highest BCUT2D eigenvalue weighted by Gasteiger charge is 2.34. The summed E-state index contributed by atoms with van der Waals surface area (Å²) in [5.41, 5.74) is -0.482. The SMILES string of the molecule is OC(Cc1ccc(Cl)cc1Cl)c1ccccc1C(F)(F)F. The Morgan fingerprint density at radius 3 is 2.33 bits per heavy atom. The molecule has 0 aliphatic carbocycles. The second kappa shape index (κ2) is 6.26. The minimum atomic E-state index is -4.51. The molecule has 0 radical (unpaired) electrons. The van der Waals surface area contributed by atoms with Gasteiger partial charge in [0.25, 0.3) is 0 Å². The summed E-state index contributed by atoms with van der Waals surface area (Å²) < 4.78 is 38.8. The van der Waals surface area contributed by atoms with Crippen molar-refractivity contribution in [3.63, 3.8) is 0 Å². The van der Waals surface area contributed by atoms with Gasteiger partial charge in [-0.25, -0.2) is 0 Å². The predicted molar refractivity (Wildman–Crippen MR) is 76.6 cm³/mol. The molecule has 0 bridgehead atoms. The molecule has 1 nitrogen and oxygen atoms in total. The average molecular weight is 335 g/mol. The molecule has 1 N–H and O–H groups in total. The maximum absolute atomic E-state index is 12.9. The Morgan fingerprint density at radius 2 is 1.71 bits per heavy atom. The molecule has 1 unspecified atom stereocenters. The third-order valence-electron chi connectivity index (χ3n) is 3.05. The van der Waals surface area contributed by atoms with Crippen molar-refractivity contribution in [2.24, 2.45) is 0 Å². The van der Waals surface area contributed by atoms with Crippen molar-refractivity contribution in [1.29, 1.82) is 0 Å². The van der Waals surface area contributed by atoms with Gasteiger partial charge >= 0.3 is 6.18 Å². The Bertz CT molecular complexity index is 641. The van der Waals surface area contributed by atoms with Gasteiger partial charge in [-0.1, -0.05) is 47.5 Å². The van der Waals surface area contributed by atoms with Crippen LogP contribution in [0.5, 0.6) is 0 Å². The van der Waals surface area contributed by atoms with Crippen LogP contribution in [0, 0.1) is 0 Å². The number of rotatable bonds is 3. The zero-order chi connectivity index (χ0) is 15.6. The average Bonchev–Trinajstić information content (AvgIpc) is 2.41. The van der Waals surface area contributed by atoms with Gasteiger partial charge < -0.3 is 5.11 Å². The van der Waals surface area contributed by atoms with Gasteiger partial charge in [-0.3, -0.25) is 0 Å². The molecule has 0 aliphatic heterocycles. The number of alkyl halides is 3. The molecule has 0 heterocycles. The summed E-state index contributed by atoms with van der Waals surface area (Å²) in [6.07, 6.45) is -5.84. The summed E-state index contributed by atoms with van der Waals surface area (Å²) in [6.45, 7) is 0. The molecule has 6 heteroatoms. The minimum Gasteiger partial charge on any atom is -0.388 e. The first-order chi connectivity index (χ1) is 9.79. The second-order valence-corrected chi connectivity index (χ2v) is 5.38. The molecule has 0 saturated carbocycles. The highest BCUT2D eigenvalue weighted by molar-refractivity contribution is 6.35. The summed E-state index contributed by atoms with van der Waals surface area (Å²) in [4.78, 5) is 0. The first-order valence-electron chi connectivity index (χ1n) is 6.07. The maximum Gasteiger partial charge on any atom is 0.416 e. The van der Waals surface area contributed by atoms with Crippen LogP contribution in [0.1, 0.15) is 22.8 Å². The van der Waals surface area contributed by atoms with Crippen molar-refractivity contribution in [1.82, 2.24) is 0 Å². The van der Waals surface area contributed by atoms with Gasteiger partial charge in [0.05, 0.1) is 11.7 Å². The van der Waals surface area contributed by atoms with Crippen molar-refractivity contribution in [3.8, 4) is 0 Å². The van der Waals surface area contributed by atoms with Gasteiger partial charge in [-0.05, 0) is 29.3 Å². The molecule has 0 spiro atoms. The fourth-order valence-corrected chi connectivity index (χ4v) is 2.54. The number of hydrogen-bond acceptors (Lipinski definition) is 1. The fraction of sp³-hybridized carbons (Fsp3) is 0.200. The van der Waals surface area contributed by atoms with Crippen molar-refractivity contribution < 1.29 is 18.3 Å². The lowest BCUT2D eigenvalue weighted by molar-refractivity contribution is -0.139. The molecule has 1 atom stereocenters. The number of aliphatic hydroxyl groups is 1. The summed E-state index contributed by atoms with van der Waals surface area (Å²) >= 11 is 11.7. The molecule has 112 valence electrons. The van der Waals surface area contributed by atoms with Crippen molar-refractivity contribution in [3.05, 3.63) is 69.2 Å². The van der Waals surface area contributed by atoms with Crippen LogP contribution in [0.15, 0.2) is 42.5 Å². The smallest absolute Gasteiger partial charge is 0.388 e. The molecule has 2 aromatic rings.